The second-order valence-corrected chi connectivity index (χ2v) is 12.4. The zero-order valence-corrected chi connectivity index (χ0v) is 24.2. The van der Waals surface area contributed by atoms with Crippen molar-refractivity contribution in [2.24, 2.45) is 10.7 Å². The number of hydrogen-bond acceptors (Lipinski definition) is 5. The predicted molar refractivity (Wildman–Crippen MR) is 154 cm³/mol. The van der Waals surface area contributed by atoms with E-state index in [1.54, 1.807) is 25.3 Å². The molecule has 3 N–H and O–H groups in total. The summed E-state index contributed by atoms with van der Waals surface area (Å²) in [5.41, 5.74) is 7.52. The topological polar surface area (TPSA) is 125 Å². The van der Waals surface area contributed by atoms with Crippen molar-refractivity contribution in [1.82, 2.24) is 9.62 Å². The number of piperidine rings is 1. The van der Waals surface area contributed by atoms with Gasteiger partial charge in [-0.2, -0.15) is 4.31 Å². The van der Waals surface area contributed by atoms with Gasteiger partial charge in [-0.3, -0.25) is 19.1 Å². The standard InChI is InChI=1S/C28H42FN5O4S/c1-21-19-23(33(3)27(30)36)20-22(2)24(21)12-18-39(37,38)34-16-13-28(14-17-34)26(35)31-25(32-28)11-9-7-5-4-6-8-10-15-29/h12,18-20H,4-11,13-17H2,1-3H3,(H2,30,36)(H,31,32,35). The van der Waals surface area contributed by atoms with Crippen LogP contribution in [0.4, 0.5) is 14.9 Å². The molecule has 39 heavy (non-hydrogen) atoms. The van der Waals surface area contributed by atoms with E-state index in [2.05, 4.69) is 5.32 Å². The summed E-state index contributed by atoms with van der Waals surface area (Å²) >= 11 is 0. The normalized spacial score (nSPS) is 17.5. The summed E-state index contributed by atoms with van der Waals surface area (Å²) in [5, 5.41) is 4.13. The van der Waals surface area contributed by atoms with Crippen LogP contribution in [0, 0.1) is 13.8 Å². The summed E-state index contributed by atoms with van der Waals surface area (Å²) in [6, 6.07) is 3.00. The summed E-state index contributed by atoms with van der Waals surface area (Å²) in [5.74, 6) is 0.564. The van der Waals surface area contributed by atoms with Gasteiger partial charge < -0.3 is 11.1 Å². The first-order valence-electron chi connectivity index (χ1n) is 13.8. The van der Waals surface area contributed by atoms with Gasteiger partial charge >= 0.3 is 6.03 Å². The van der Waals surface area contributed by atoms with Gasteiger partial charge in [-0.15, -0.1) is 0 Å². The van der Waals surface area contributed by atoms with Crippen LogP contribution in [0.2, 0.25) is 0 Å². The second kappa shape index (κ2) is 13.5. The summed E-state index contributed by atoms with van der Waals surface area (Å²) < 4.78 is 39.7. The number of alkyl halides is 1. The maximum Gasteiger partial charge on any atom is 0.318 e. The molecule has 1 spiro atoms. The number of amides is 3. The minimum Gasteiger partial charge on any atom is -0.351 e. The maximum absolute atomic E-state index is 13.1. The number of nitrogens with two attached hydrogens (primary N) is 1. The number of amidine groups is 1. The van der Waals surface area contributed by atoms with Gasteiger partial charge in [-0.05, 0) is 74.4 Å². The molecule has 0 aliphatic carbocycles. The van der Waals surface area contributed by atoms with Crippen LogP contribution >= 0.6 is 0 Å². The number of rotatable bonds is 13. The maximum atomic E-state index is 13.1. The first kappa shape index (κ1) is 30.7. The molecule has 2 aliphatic rings. The van der Waals surface area contributed by atoms with E-state index in [0.717, 1.165) is 55.2 Å². The minimum absolute atomic E-state index is 0.136. The number of anilines is 1. The Morgan fingerprint density at radius 2 is 1.67 bits per heavy atom. The molecule has 1 aromatic carbocycles. The Bertz CT molecular complexity index is 1180. The van der Waals surface area contributed by atoms with Crippen molar-refractivity contribution in [2.45, 2.75) is 83.6 Å². The lowest BCUT2D eigenvalue weighted by Crippen LogP contribution is -2.50. The number of sulfonamides is 1. The number of nitrogens with one attached hydrogen (secondary N) is 1. The van der Waals surface area contributed by atoms with E-state index in [9.17, 15) is 22.4 Å². The summed E-state index contributed by atoms with van der Waals surface area (Å²) in [4.78, 5) is 30.3. The molecule has 0 aromatic heterocycles. The highest BCUT2D eigenvalue weighted by atomic mass is 32.2. The third-order valence-corrected chi connectivity index (χ3v) is 9.25. The van der Waals surface area contributed by atoms with Gasteiger partial charge in [0.25, 0.3) is 5.91 Å². The molecule has 0 radical (unpaired) electrons. The third kappa shape index (κ3) is 7.88. The van der Waals surface area contributed by atoms with Crippen molar-refractivity contribution in [2.75, 3.05) is 31.7 Å². The number of urea groups is 1. The fraction of sp³-hybridized carbons (Fsp3) is 0.607. The molecule has 2 aliphatic heterocycles. The Balaban J connectivity index is 1.55. The SMILES string of the molecule is Cc1cc(N(C)C(N)=O)cc(C)c1C=CS(=O)(=O)N1CCC2(CC1)N=C(CCCCCCCCCF)NC2=O. The summed E-state index contributed by atoms with van der Waals surface area (Å²) in [6.07, 6.45) is 9.77. The second-order valence-electron chi connectivity index (χ2n) is 10.6. The van der Waals surface area contributed by atoms with Gasteiger partial charge in [0.15, 0.2) is 0 Å². The van der Waals surface area contributed by atoms with Crippen LogP contribution in [-0.4, -0.2) is 62.8 Å². The van der Waals surface area contributed by atoms with Crippen molar-refractivity contribution < 1.29 is 22.4 Å². The first-order chi connectivity index (χ1) is 18.5. The molecule has 3 rings (SSSR count). The largest absolute Gasteiger partial charge is 0.351 e. The number of aryl methyl sites for hydroxylation is 2. The number of aliphatic imine (C=N–C) groups is 1. The molecular formula is C28H42FN5O4S. The van der Waals surface area contributed by atoms with Crippen molar-refractivity contribution in [1.29, 1.82) is 0 Å². The molecule has 0 saturated carbocycles. The number of unbranched alkanes of at least 4 members (excludes halogenated alkanes) is 6. The summed E-state index contributed by atoms with van der Waals surface area (Å²) in [6.45, 7) is 3.90. The fourth-order valence-electron chi connectivity index (χ4n) is 5.20. The van der Waals surface area contributed by atoms with Crippen molar-refractivity contribution in [3.8, 4) is 0 Å². The van der Waals surface area contributed by atoms with Crippen LogP contribution in [0.3, 0.4) is 0 Å². The number of halogens is 1. The number of carbonyl (C=O) groups is 2. The van der Waals surface area contributed by atoms with E-state index >= 15 is 0 Å². The smallest absolute Gasteiger partial charge is 0.318 e. The number of primary amides is 1. The van der Waals surface area contributed by atoms with Gasteiger partial charge in [0.1, 0.15) is 11.4 Å². The number of benzene rings is 1. The van der Waals surface area contributed by atoms with Crippen LogP contribution in [0.25, 0.3) is 6.08 Å². The monoisotopic (exact) mass is 563 g/mol. The Hall–Kier alpha value is -2.79. The molecule has 1 fully saturated rings. The Morgan fingerprint density at radius 3 is 2.23 bits per heavy atom. The lowest BCUT2D eigenvalue weighted by molar-refractivity contribution is -0.124. The van der Waals surface area contributed by atoms with E-state index in [-0.39, 0.29) is 25.7 Å². The van der Waals surface area contributed by atoms with Crippen LogP contribution in [0.15, 0.2) is 22.5 Å². The van der Waals surface area contributed by atoms with E-state index in [4.69, 9.17) is 10.7 Å². The van der Waals surface area contributed by atoms with Gasteiger partial charge in [-0.1, -0.05) is 32.1 Å². The zero-order valence-electron chi connectivity index (χ0n) is 23.3. The lowest BCUT2D eigenvalue weighted by atomic mass is 9.89. The lowest BCUT2D eigenvalue weighted by Gasteiger charge is -2.34. The number of carbonyl (C=O) groups excluding carboxylic acids is 2. The number of hydrogen-bond donors (Lipinski definition) is 2. The molecule has 1 saturated heterocycles. The average Bonchev–Trinajstić information content (AvgIpc) is 3.18. The van der Waals surface area contributed by atoms with Crippen LogP contribution in [-0.2, 0) is 14.8 Å². The van der Waals surface area contributed by atoms with Gasteiger partial charge in [0, 0.05) is 37.7 Å². The summed E-state index contributed by atoms with van der Waals surface area (Å²) in [7, 11) is -2.11. The zero-order chi connectivity index (χ0) is 28.6. The first-order valence-corrected chi connectivity index (χ1v) is 15.3. The van der Waals surface area contributed by atoms with Crippen LogP contribution < -0.4 is 16.0 Å². The highest BCUT2D eigenvalue weighted by Gasteiger charge is 2.46. The molecule has 0 atom stereocenters. The van der Waals surface area contributed by atoms with E-state index in [0.29, 0.717) is 37.2 Å². The fourth-order valence-corrected chi connectivity index (χ4v) is 6.37. The molecule has 0 bridgehead atoms. The highest BCUT2D eigenvalue weighted by Crippen LogP contribution is 2.32. The Kier molecular flexibility index (Phi) is 10.7. The molecule has 1 aromatic rings. The Morgan fingerprint density at radius 1 is 1.10 bits per heavy atom. The van der Waals surface area contributed by atoms with E-state index in [1.807, 2.05) is 13.8 Å². The van der Waals surface area contributed by atoms with E-state index < -0.39 is 21.6 Å². The minimum atomic E-state index is -3.69. The van der Waals surface area contributed by atoms with Crippen molar-refractivity contribution >= 4 is 39.6 Å². The molecule has 2 heterocycles. The molecular weight excluding hydrogens is 521 g/mol. The predicted octanol–water partition coefficient (Wildman–Crippen LogP) is 4.57. The van der Waals surface area contributed by atoms with Gasteiger partial charge in [-0.25, -0.2) is 13.2 Å². The molecule has 3 amide bonds. The van der Waals surface area contributed by atoms with Gasteiger partial charge in [0.2, 0.25) is 10.0 Å². The van der Waals surface area contributed by atoms with Crippen molar-refractivity contribution in [3.05, 3.63) is 34.2 Å². The molecule has 216 valence electrons. The quantitative estimate of drug-likeness (QED) is 0.341. The average molecular weight is 564 g/mol. The van der Waals surface area contributed by atoms with E-state index in [1.165, 1.54) is 14.6 Å². The third-order valence-electron chi connectivity index (χ3n) is 7.69. The van der Waals surface area contributed by atoms with Crippen LogP contribution in [0.5, 0.6) is 0 Å². The number of nitrogens with zero attached hydrogens (tertiary/aromatic N) is 3. The van der Waals surface area contributed by atoms with Crippen LogP contribution in [0.1, 0.15) is 80.9 Å². The molecule has 0 unspecified atom stereocenters. The highest BCUT2D eigenvalue weighted by molar-refractivity contribution is 7.92. The van der Waals surface area contributed by atoms with Gasteiger partial charge in [0.05, 0.1) is 6.67 Å². The molecule has 9 nitrogen and oxygen atoms in total. The molecule has 11 heteroatoms. The van der Waals surface area contributed by atoms with Crippen molar-refractivity contribution in [3.63, 3.8) is 0 Å². The Labute approximate surface area is 231 Å².